The minimum Gasteiger partial charge on any atom is -0.461 e. The Morgan fingerprint density at radius 3 is 2.45 bits per heavy atom. The second kappa shape index (κ2) is 18.2. The highest BCUT2D eigenvalue weighted by molar-refractivity contribution is 6.30. The molecule has 15 nitrogen and oxygen atoms in total. The van der Waals surface area contributed by atoms with Crippen LogP contribution in [0, 0.1) is 18.7 Å². The van der Waals surface area contributed by atoms with Gasteiger partial charge in [-0.2, -0.15) is 0 Å². The number of hydrogen-bond donors (Lipinski definition) is 4. The number of benzene rings is 2. The Hall–Kier alpha value is -5.09. The van der Waals surface area contributed by atoms with Crippen LogP contribution < -0.4 is 21.7 Å². The Bertz CT molecular complexity index is 1950. The van der Waals surface area contributed by atoms with Gasteiger partial charge in [0.15, 0.2) is 0 Å². The number of nitrogens with zero attached hydrogens (tertiary/aromatic N) is 3. The SMILES string of the molecule is Cc1cccc(C[C@H](NC(=O)Cc2ccc(Cl)cc2F)C(=O)N[C@H]2COC(=O)[C@@H]3C[C@@H](C)CN3C(=O)[C@H](C)NC(=O)[C@@H]3CCCCN3C(=O)[C@@H]3C[C@H](N)CN3C2=O)c1. The molecule has 6 amide bonds. The summed E-state index contributed by atoms with van der Waals surface area (Å²) in [5, 5.41) is 8.27. The van der Waals surface area contributed by atoms with E-state index in [9.17, 15) is 38.0 Å². The van der Waals surface area contributed by atoms with E-state index in [1.54, 1.807) is 12.1 Å². The maximum atomic E-state index is 14.7. The molecule has 2 aromatic carbocycles. The average Bonchev–Trinajstić information content (AvgIpc) is 3.78. The van der Waals surface area contributed by atoms with Crippen molar-refractivity contribution < 1.29 is 42.7 Å². The zero-order chi connectivity index (χ0) is 41.8. The number of hydrogen-bond acceptors (Lipinski definition) is 9. The minimum absolute atomic E-state index is 0.0214. The van der Waals surface area contributed by atoms with Crippen LogP contribution in [0.5, 0.6) is 0 Å². The first-order chi connectivity index (χ1) is 27.6. The molecule has 6 rings (SSSR count). The van der Waals surface area contributed by atoms with E-state index < -0.39 is 103 Å². The van der Waals surface area contributed by atoms with Crippen LogP contribution in [0.25, 0.3) is 0 Å². The first kappa shape index (κ1) is 42.5. The Balaban J connectivity index is 1.32. The number of carbonyl (C=O) groups is 7. The van der Waals surface area contributed by atoms with Gasteiger partial charge in [0.1, 0.15) is 48.7 Å². The molecule has 0 aliphatic carbocycles. The topological polar surface area (TPSA) is 201 Å². The van der Waals surface area contributed by atoms with Crippen molar-refractivity contribution in [3.05, 3.63) is 70.0 Å². The van der Waals surface area contributed by atoms with Crippen LogP contribution in [0.1, 0.15) is 62.6 Å². The highest BCUT2D eigenvalue weighted by Gasteiger charge is 2.47. The number of fused-ring (bicyclic) bond motifs is 3. The molecule has 0 bridgehead atoms. The van der Waals surface area contributed by atoms with E-state index in [4.69, 9.17) is 22.1 Å². The summed E-state index contributed by atoms with van der Waals surface area (Å²) in [5.41, 5.74) is 7.99. The van der Waals surface area contributed by atoms with Crippen molar-refractivity contribution in [2.24, 2.45) is 11.7 Å². The number of piperidine rings is 1. The zero-order valence-electron chi connectivity index (χ0n) is 32.9. The predicted octanol–water partition coefficient (Wildman–Crippen LogP) is 1.15. The maximum absolute atomic E-state index is 14.7. The quantitative estimate of drug-likeness (QED) is 0.296. The van der Waals surface area contributed by atoms with E-state index >= 15 is 0 Å². The lowest BCUT2D eigenvalue weighted by Gasteiger charge is -2.39. The summed E-state index contributed by atoms with van der Waals surface area (Å²) in [6.45, 7) is 5.01. The van der Waals surface area contributed by atoms with Gasteiger partial charge in [-0.15, -0.1) is 0 Å². The van der Waals surface area contributed by atoms with E-state index in [1.807, 2.05) is 26.0 Å². The van der Waals surface area contributed by atoms with Gasteiger partial charge in [0, 0.05) is 37.1 Å². The van der Waals surface area contributed by atoms with Crippen LogP contribution in [0.4, 0.5) is 4.39 Å². The molecule has 312 valence electrons. The lowest BCUT2D eigenvalue weighted by atomic mass is 9.99. The second-order valence-electron chi connectivity index (χ2n) is 16.0. The zero-order valence-corrected chi connectivity index (χ0v) is 33.6. The molecule has 2 aromatic rings. The Labute approximate surface area is 341 Å². The Morgan fingerprint density at radius 1 is 0.948 bits per heavy atom. The summed E-state index contributed by atoms with van der Waals surface area (Å²) in [4.78, 5) is 102. The molecule has 0 radical (unpaired) electrons. The van der Waals surface area contributed by atoms with Crippen molar-refractivity contribution in [1.29, 1.82) is 0 Å². The normalized spacial score (nSPS) is 27.6. The first-order valence-corrected chi connectivity index (χ1v) is 20.2. The molecule has 0 unspecified atom stereocenters. The third kappa shape index (κ3) is 9.77. The molecule has 5 N–H and O–H groups in total. The van der Waals surface area contributed by atoms with Gasteiger partial charge in [0.2, 0.25) is 35.4 Å². The summed E-state index contributed by atoms with van der Waals surface area (Å²) in [7, 11) is 0. The third-order valence-corrected chi connectivity index (χ3v) is 11.6. The molecule has 8 atom stereocenters. The molecule has 0 saturated carbocycles. The van der Waals surface area contributed by atoms with Gasteiger partial charge in [-0.1, -0.05) is 54.4 Å². The van der Waals surface area contributed by atoms with E-state index in [2.05, 4.69) is 16.0 Å². The molecule has 58 heavy (non-hydrogen) atoms. The highest BCUT2D eigenvalue weighted by atomic mass is 35.5. The number of nitrogens with two attached hydrogens (primary N) is 1. The molecule has 4 aliphatic rings. The molecule has 4 saturated heterocycles. The fourth-order valence-corrected chi connectivity index (χ4v) is 8.57. The third-order valence-electron chi connectivity index (χ3n) is 11.3. The lowest BCUT2D eigenvalue weighted by Crippen LogP contribution is -2.62. The molecule has 4 heterocycles. The number of cyclic esters (lactones) is 1. The van der Waals surface area contributed by atoms with Crippen molar-refractivity contribution in [3.8, 4) is 0 Å². The summed E-state index contributed by atoms with van der Waals surface area (Å²) < 4.78 is 20.4. The summed E-state index contributed by atoms with van der Waals surface area (Å²) in [6.07, 6.45) is 1.54. The Morgan fingerprint density at radius 2 is 1.71 bits per heavy atom. The van der Waals surface area contributed by atoms with Gasteiger partial charge < -0.3 is 41.1 Å². The van der Waals surface area contributed by atoms with Crippen LogP contribution in [0.2, 0.25) is 5.02 Å². The van der Waals surface area contributed by atoms with E-state index in [1.165, 1.54) is 33.8 Å². The lowest BCUT2D eigenvalue weighted by molar-refractivity contribution is -0.158. The predicted molar refractivity (Wildman–Crippen MR) is 209 cm³/mol. The van der Waals surface area contributed by atoms with Crippen LogP contribution in [0.3, 0.4) is 0 Å². The Kier molecular flexibility index (Phi) is 13.4. The van der Waals surface area contributed by atoms with Crippen LogP contribution in [0.15, 0.2) is 42.5 Å². The fourth-order valence-electron chi connectivity index (χ4n) is 8.41. The van der Waals surface area contributed by atoms with E-state index in [0.29, 0.717) is 24.8 Å². The monoisotopic (exact) mass is 823 g/mol. The minimum atomic E-state index is -1.56. The summed E-state index contributed by atoms with van der Waals surface area (Å²) in [6, 6.07) is 3.64. The number of halogens is 2. The fraction of sp³-hybridized carbons (Fsp3) is 0.537. The molecule has 4 fully saturated rings. The maximum Gasteiger partial charge on any atom is 0.328 e. The van der Waals surface area contributed by atoms with Crippen LogP contribution in [-0.2, 0) is 51.1 Å². The molecule has 4 aliphatic heterocycles. The largest absolute Gasteiger partial charge is 0.461 e. The van der Waals surface area contributed by atoms with Gasteiger partial charge in [0.25, 0.3) is 0 Å². The van der Waals surface area contributed by atoms with Crippen molar-refractivity contribution in [2.75, 3.05) is 26.2 Å². The number of esters is 1. The summed E-state index contributed by atoms with van der Waals surface area (Å²) >= 11 is 5.90. The number of carbonyl (C=O) groups excluding carboxylic acids is 7. The van der Waals surface area contributed by atoms with Gasteiger partial charge in [0.05, 0.1) is 6.42 Å². The number of rotatable bonds is 7. The van der Waals surface area contributed by atoms with Crippen molar-refractivity contribution in [1.82, 2.24) is 30.7 Å². The number of amides is 6. The molecule has 0 aromatic heterocycles. The van der Waals surface area contributed by atoms with Gasteiger partial charge in [-0.3, -0.25) is 28.8 Å². The van der Waals surface area contributed by atoms with Gasteiger partial charge in [-0.05, 0) is 75.1 Å². The van der Waals surface area contributed by atoms with E-state index in [0.717, 1.165) is 11.6 Å². The molecular formula is C41H51ClFN7O8. The average molecular weight is 824 g/mol. The van der Waals surface area contributed by atoms with Gasteiger partial charge >= 0.3 is 5.97 Å². The van der Waals surface area contributed by atoms with Crippen molar-refractivity contribution in [2.45, 2.75) is 108 Å². The standard InChI is InChI=1S/C41H51ClFN7O8/c1-22-7-6-8-25(13-22)15-30(46-35(51)16-26-10-11-27(42)17-29(26)43)36(52)47-31-21-58-41(57)34-14-23(2)19-49(34)38(54)24(3)45-37(53)32-9-4-5-12-48(32)40(56)33-18-28(44)20-50(33)39(31)55/h6-8,10-11,13,17,23-24,28,30-34H,4-5,9,12,14-16,18-21,44H2,1-3H3,(H,45,53)(H,46,51)(H,47,52)/t23-,24+,28+,30+,31+,32+,33+,34+/m1/s1. The molecular weight excluding hydrogens is 773 g/mol. The number of nitrogens with one attached hydrogen (secondary N) is 3. The smallest absolute Gasteiger partial charge is 0.328 e. The number of ether oxygens (including phenoxy) is 1. The first-order valence-electron chi connectivity index (χ1n) is 19.8. The highest BCUT2D eigenvalue weighted by Crippen LogP contribution is 2.28. The summed E-state index contributed by atoms with van der Waals surface area (Å²) in [5.74, 6) is -5.37. The second-order valence-corrected chi connectivity index (χ2v) is 16.5. The van der Waals surface area contributed by atoms with Crippen molar-refractivity contribution >= 4 is 53.0 Å². The van der Waals surface area contributed by atoms with Crippen molar-refractivity contribution in [3.63, 3.8) is 0 Å². The van der Waals surface area contributed by atoms with Crippen LogP contribution >= 0.6 is 11.6 Å². The molecule has 0 spiro atoms. The van der Waals surface area contributed by atoms with Gasteiger partial charge in [-0.25, -0.2) is 9.18 Å². The number of aryl methyl sites for hydroxylation is 1. The van der Waals surface area contributed by atoms with E-state index in [-0.39, 0.29) is 55.4 Å². The van der Waals surface area contributed by atoms with Crippen LogP contribution in [-0.4, -0.2) is 125 Å². The molecule has 17 heteroatoms.